The largest absolute Gasteiger partial charge is 0.394 e. The second kappa shape index (κ2) is 8.63. The molecule has 1 rings (SSSR count). The number of hydrogen-bond donors (Lipinski definition) is 8. The Morgan fingerprint density at radius 3 is 2.09 bits per heavy atom. The lowest BCUT2D eigenvalue weighted by molar-refractivity contribution is -0.156. The van der Waals surface area contributed by atoms with E-state index in [0.29, 0.717) is 5.69 Å². The van der Waals surface area contributed by atoms with Gasteiger partial charge in [-0.1, -0.05) is 18.2 Å². The summed E-state index contributed by atoms with van der Waals surface area (Å²) in [5.74, 6) is -1.05. The number of hydrazine groups is 1. The number of amides is 1. The van der Waals surface area contributed by atoms with Gasteiger partial charge in [0, 0.05) is 0 Å². The smallest absolute Gasteiger partial charge is 0.269 e. The highest BCUT2D eigenvalue weighted by Gasteiger charge is 2.37. The van der Waals surface area contributed by atoms with E-state index in [0.717, 1.165) is 0 Å². The molecule has 9 nitrogen and oxygen atoms in total. The standard InChI is InChI=1S/C13H20N2O7/c16-6-8(17)9(18)10(19)11(20)12(21)13(22)15-14-7-4-2-1-3-5-7/h1-5,8-12,14,16-21H,6H2,(H,15,22)/t8-,9-,10-,11+,12-/m1/s1. The van der Waals surface area contributed by atoms with Crippen LogP contribution in [0.4, 0.5) is 5.69 Å². The number of anilines is 1. The fourth-order valence-corrected chi connectivity index (χ4v) is 1.61. The van der Waals surface area contributed by atoms with Crippen LogP contribution < -0.4 is 10.9 Å². The molecule has 1 aromatic carbocycles. The Bertz CT molecular complexity index is 459. The minimum atomic E-state index is -2.06. The van der Waals surface area contributed by atoms with Crippen LogP contribution >= 0.6 is 0 Å². The first-order valence-corrected chi connectivity index (χ1v) is 6.50. The number of carbonyl (C=O) groups is 1. The molecule has 9 heteroatoms. The van der Waals surface area contributed by atoms with Gasteiger partial charge in [0.05, 0.1) is 12.3 Å². The van der Waals surface area contributed by atoms with E-state index in [1.165, 1.54) is 0 Å². The summed E-state index contributed by atoms with van der Waals surface area (Å²) in [6, 6.07) is 8.45. The monoisotopic (exact) mass is 316 g/mol. The van der Waals surface area contributed by atoms with Crippen molar-refractivity contribution in [1.82, 2.24) is 5.43 Å². The quantitative estimate of drug-likeness (QED) is 0.234. The van der Waals surface area contributed by atoms with Crippen molar-refractivity contribution in [3.63, 3.8) is 0 Å². The zero-order chi connectivity index (χ0) is 16.7. The molecule has 0 saturated carbocycles. The number of carbonyl (C=O) groups excluding carboxylic acids is 1. The van der Waals surface area contributed by atoms with Crippen LogP contribution in [0.25, 0.3) is 0 Å². The first kappa shape index (κ1) is 18.3. The Morgan fingerprint density at radius 2 is 1.55 bits per heavy atom. The molecule has 0 fully saturated rings. The van der Waals surface area contributed by atoms with E-state index < -0.39 is 43.0 Å². The van der Waals surface area contributed by atoms with Crippen molar-refractivity contribution in [3.05, 3.63) is 30.3 Å². The van der Waals surface area contributed by atoms with Crippen LogP contribution in [0.15, 0.2) is 30.3 Å². The zero-order valence-electron chi connectivity index (χ0n) is 11.6. The molecule has 0 aromatic heterocycles. The highest BCUT2D eigenvalue weighted by molar-refractivity contribution is 5.82. The first-order valence-electron chi connectivity index (χ1n) is 6.50. The van der Waals surface area contributed by atoms with Gasteiger partial charge in [0.2, 0.25) is 0 Å². The molecular weight excluding hydrogens is 296 g/mol. The van der Waals surface area contributed by atoms with Gasteiger partial charge in [-0.2, -0.15) is 0 Å². The molecule has 22 heavy (non-hydrogen) atoms. The molecule has 0 saturated heterocycles. The summed E-state index contributed by atoms with van der Waals surface area (Å²) in [7, 11) is 0. The van der Waals surface area contributed by atoms with Gasteiger partial charge in [0.15, 0.2) is 6.10 Å². The first-order chi connectivity index (χ1) is 10.4. The molecule has 0 aliphatic carbocycles. The lowest BCUT2D eigenvalue weighted by Gasteiger charge is -2.28. The number of nitrogens with one attached hydrogen (secondary N) is 2. The molecule has 0 unspecified atom stereocenters. The number of aliphatic hydroxyl groups is 6. The molecule has 5 atom stereocenters. The van der Waals surface area contributed by atoms with E-state index in [9.17, 15) is 25.2 Å². The van der Waals surface area contributed by atoms with Gasteiger partial charge in [0.25, 0.3) is 5.91 Å². The summed E-state index contributed by atoms with van der Waals surface area (Å²) in [5, 5.41) is 56.0. The van der Waals surface area contributed by atoms with Crippen LogP contribution in [-0.4, -0.2) is 73.7 Å². The van der Waals surface area contributed by atoms with Crippen molar-refractivity contribution in [3.8, 4) is 0 Å². The highest BCUT2D eigenvalue weighted by Crippen LogP contribution is 2.09. The lowest BCUT2D eigenvalue weighted by Crippen LogP contribution is -2.54. The maximum absolute atomic E-state index is 11.6. The number of hydrogen-bond acceptors (Lipinski definition) is 8. The van der Waals surface area contributed by atoms with E-state index in [2.05, 4.69) is 10.9 Å². The Balaban J connectivity index is 2.54. The van der Waals surface area contributed by atoms with Crippen molar-refractivity contribution >= 4 is 11.6 Å². The minimum Gasteiger partial charge on any atom is -0.394 e. The van der Waals surface area contributed by atoms with E-state index >= 15 is 0 Å². The average Bonchev–Trinajstić information content (AvgIpc) is 2.56. The fourth-order valence-electron chi connectivity index (χ4n) is 1.61. The Morgan fingerprint density at radius 1 is 0.955 bits per heavy atom. The summed E-state index contributed by atoms with van der Waals surface area (Å²) in [6.45, 7) is -0.858. The van der Waals surface area contributed by atoms with E-state index in [1.54, 1.807) is 30.3 Å². The number of para-hydroxylation sites is 1. The molecule has 0 aliphatic rings. The van der Waals surface area contributed by atoms with Gasteiger partial charge in [-0.25, -0.2) is 0 Å². The molecule has 124 valence electrons. The van der Waals surface area contributed by atoms with Crippen LogP contribution in [0.3, 0.4) is 0 Å². The third kappa shape index (κ3) is 4.91. The summed E-state index contributed by atoms with van der Waals surface area (Å²) in [4.78, 5) is 11.6. The van der Waals surface area contributed by atoms with Gasteiger partial charge in [0.1, 0.15) is 24.4 Å². The molecule has 0 heterocycles. The molecule has 0 radical (unpaired) electrons. The maximum Gasteiger partial charge on any atom is 0.269 e. The van der Waals surface area contributed by atoms with Crippen LogP contribution in [0.1, 0.15) is 0 Å². The predicted molar refractivity (Wildman–Crippen MR) is 75.3 cm³/mol. The average molecular weight is 316 g/mol. The number of aliphatic hydroxyl groups excluding tert-OH is 6. The van der Waals surface area contributed by atoms with Gasteiger partial charge in [-0.3, -0.25) is 15.6 Å². The van der Waals surface area contributed by atoms with Crippen molar-refractivity contribution in [2.24, 2.45) is 0 Å². The second-order valence-electron chi connectivity index (χ2n) is 4.65. The van der Waals surface area contributed by atoms with Gasteiger partial charge in [-0.15, -0.1) is 0 Å². The number of rotatable bonds is 8. The Hall–Kier alpha value is -1.75. The SMILES string of the molecule is O=C(NNc1ccccc1)[C@H](O)[C@@H](O)[C@H](O)[C@H](O)[C@H](O)CO. The van der Waals surface area contributed by atoms with E-state index in [1.807, 2.05) is 0 Å². The molecule has 0 aliphatic heterocycles. The topological polar surface area (TPSA) is 163 Å². The third-order valence-corrected chi connectivity index (χ3v) is 2.98. The van der Waals surface area contributed by atoms with E-state index in [-0.39, 0.29) is 0 Å². The van der Waals surface area contributed by atoms with Crippen molar-refractivity contribution in [1.29, 1.82) is 0 Å². The van der Waals surface area contributed by atoms with Crippen LogP contribution in [0.2, 0.25) is 0 Å². The normalized spacial score (nSPS) is 17.9. The molecule has 0 spiro atoms. The summed E-state index contributed by atoms with van der Waals surface area (Å²) in [5.41, 5.74) is 5.11. The van der Waals surface area contributed by atoms with Crippen LogP contribution in [0.5, 0.6) is 0 Å². The summed E-state index contributed by atoms with van der Waals surface area (Å²) >= 11 is 0. The van der Waals surface area contributed by atoms with Crippen molar-refractivity contribution in [2.75, 3.05) is 12.0 Å². The molecule has 1 aromatic rings. The second-order valence-corrected chi connectivity index (χ2v) is 4.65. The predicted octanol–water partition coefficient (Wildman–Crippen LogP) is -3.07. The van der Waals surface area contributed by atoms with Gasteiger partial charge < -0.3 is 30.6 Å². The van der Waals surface area contributed by atoms with Crippen LogP contribution in [-0.2, 0) is 4.79 Å². The fraction of sp³-hybridized carbons (Fsp3) is 0.462. The third-order valence-electron chi connectivity index (χ3n) is 2.98. The number of benzene rings is 1. The lowest BCUT2D eigenvalue weighted by atomic mass is 9.99. The van der Waals surface area contributed by atoms with Crippen molar-refractivity contribution in [2.45, 2.75) is 30.5 Å². The maximum atomic E-state index is 11.6. The molecular formula is C13H20N2O7. The zero-order valence-corrected chi connectivity index (χ0v) is 11.6. The summed E-state index contributed by atoms with van der Waals surface area (Å²) in [6.07, 6.45) is -9.80. The molecule has 0 bridgehead atoms. The minimum absolute atomic E-state index is 0.522. The summed E-state index contributed by atoms with van der Waals surface area (Å²) < 4.78 is 0. The van der Waals surface area contributed by atoms with Gasteiger partial charge in [-0.05, 0) is 12.1 Å². The molecule has 8 N–H and O–H groups in total. The highest BCUT2D eigenvalue weighted by atomic mass is 16.4. The van der Waals surface area contributed by atoms with Crippen molar-refractivity contribution < 1.29 is 35.4 Å². The Kier molecular flexibility index (Phi) is 7.18. The van der Waals surface area contributed by atoms with Gasteiger partial charge >= 0.3 is 0 Å². The van der Waals surface area contributed by atoms with Crippen LogP contribution in [0, 0.1) is 0 Å². The Labute approximate surface area is 126 Å². The molecule has 1 amide bonds. The van der Waals surface area contributed by atoms with E-state index in [4.69, 9.17) is 10.2 Å².